The van der Waals surface area contributed by atoms with E-state index in [1.165, 1.54) is 6.07 Å². The summed E-state index contributed by atoms with van der Waals surface area (Å²) in [5.74, 6) is 3.04. The molecule has 0 saturated heterocycles. The van der Waals surface area contributed by atoms with E-state index in [0.717, 1.165) is 23.5 Å². The van der Waals surface area contributed by atoms with Crippen molar-refractivity contribution in [3.8, 4) is 10.6 Å². The summed E-state index contributed by atoms with van der Waals surface area (Å²) in [6.45, 7) is 1.57. The Labute approximate surface area is 105 Å². The van der Waals surface area contributed by atoms with Crippen LogP contribution in [0.3, 0.4) is 0 Å². The quantitative estimate of drug-likeness (QED) is 0.498. The van der Waals surface area contributed by atoms with Gasteiger partial charge in [0.2, 0.25) is 0 Å². The number of rotatable bonds is 2. The number of nitrogen functional groups attached to an aromatic ring is 1. The Hall–Kier alpha value is -1.86. The van der Waals surface area contributed by atoms with E-state index in [2.05, 4.69) is 4.98 Å². The normalized spacial score (nSPS) is 10.4. The van der Waals surface area contributed by atoms with Crippen molar-refractivity contribution in [1.29, 1.82) is 0 Å². The molecular formula is C11H9F2N3OS. The first-order chi connectivity index (χ1) is 8.54. The van der Waals surface area contributed by atoms with Crippen LogP contribution in [0.25, 0.3) is 10.6 Å². The number of hydrogen-bond donors (Lipinski definition) is 2. The van der Waals surface area contributed by atoms with E-state index in [0.29, 0.717) is 5.69 Å². The number of benzene rings is 1. The van der Waals surface area contributed by atoms with Crippen LogP contribution >= 0.6 is 11.3 Å². The molecule has 1 aromatic heterocycles. The highest BCUT2D eigenvalue weighted by Crippen LogP contribution is 2.31. The number of nitrogens with one attached hydrogen (secondary N) is 1. The van der Waals surface area contributed by atoms with E-state index in [9.17, 15) is 13.6 Å². The lowest BCUT2D eigenvalue weighted by atomic mass is 10.2. The number of nitrogens with zero attached hydrogens (tertiary/aromatic N) is 1. The van der Waals surface area contributed by atoms with Gasteiger partial charge in [0.25, 0.3) is 5.91 Å². The minimum atomic E-state index is -0.719. The van der Waals surface area contributed by atoms with Gasteiger partial charge >= 0.3 is 0 Å². The predicted molar refractivity (Wildman–Crippen MR) is 63.9 cm³/mol. The van der Waals surface area contributed by atoms with Gasteiger partial charge in [0.05, 0.1) is 11.3 Å². The summed E-state index contributed by atoms with van der Waals surface area (Å²) in [6, 6.07) is 3.54. The van der Waals surface area contributed by atoms with Gasteiger partial charge in [-0.05, 0) is 19.1 Å². The smallest absolute Gasteiger partial charge is 0.277 e. The fraction of sp³-hybridized carbons (Fsp3) is 0.0909. The molecule has 0 bridgehead atoms. The highest BCUT2D eigenvalue weighted by Gasteiger charge is 2.19. The fourth-order valence-electron chi connectivity index (χ4n) is 1.48. The van der Waals surface area contributed by atoms with E-state index < -0.39 is 17.5 Å². The summed E-state index contributed by atoms with van der Waals surface area (Å²) >= 11 is 0.890. The lowest BCUT2D eigenvalue weighted by molar-refractivity contribution is 0.0957. The molecule has 0 aliphatic rings. The van der Waals surface area contributed by atoms with Crippen LogP contribution in [0.4, 0.5) is 8.78 Å². The maximum Gasteiger partial charge on any atom is 0.277 e. The summed E-state index contributed by atoms with van der Waals surface area (Å²) in [5.41, 5.74) is 2.10. The van der Waals surface area contributed by atoms with E-state index in [1.54, 1.807) is 6.92 Å². The number of thiazole rings is 1. The van der Waals surface area contributed by atoms with Crippen LogP contribution in [0.1, 0.15) is 15.4 Å². The van der Waals surface area contributed by atoms with Crippen LogP contribution in [0.2, 0.25) is 0 Å². The predicted octanol–water partition coefficient (Wildman–Crippen LogP) is 2.00. The number of carbonyl (C=O) groups is 1. The Morgan fingerprint density at radius 1 is 1.39 bits per heavy atom. The number of amides is 1. The molecule has 0 fully saturated rings. The van der Waals surface area contributed by atoms with Crippen LogP contribution in [-0.4, -0.2) is 10.9 Å². The van der Waals surface area contributed by atoms with Crippen molar-refractivity contribution >= 4 is 17.2 Å². The molecule has 1 aromatic carbocycles. The number of halogens is 2. The van der Waals surface area contributed by atoms with Crippen LogP contribution in [0, 0.1) is 18.6 Å². The molecule has 3 N–H and O–H groups in total. The highest BCUT2D eigenvalue weighted by atomic mass is 32.1. The van der Waals surface area contributed by atoms with Crippen LogP contribution < -0.4 is 11.3 Å². The van der Waals surface area contributed by atoms with Crippen LogP contribution in [0.15, 0.2) is 18.2 Å². The third-order valence-corrected chi connectivity index (χ3v) is 3.48. The lowest BCUT2D eigenvalue weighted by Gasteiger charge is -1.99. The van der Waals surface area contributed by atoms with Crippen molar-refractivity contribution in [2.24, 2.45) is 5.84 Å². The molecule has 94 valence electrons. The van der Waals surface area contributed by atoms with Crippen LogP contribution in [-0.2, 0) is 0 Å². The number of hydrazine groups is 1. The zero-order chi connectivity index (χ0) is 13.3. The number of nitrogens with two attached hydrogens (primary N) is 1. The summed E-state index contributed by atoms with van der Waals surface area (Å²) in [5, 5.41) is 0.113. The minimum Gasteiger partial charge on any atom is -0.289 e. The molecule has 1 amide bonds. The minimum absolute atomic E-state index is 0.113. The van der Waals surface area contributed by atoms with Crippen LogP contribution in [0.5, 0.6) is 0 Å². The third-order valence-electron chi connectivity index (χ3n) is 2.31. The molecule has 1 heterocycles. The first-order valence-electron chi connectivity index (χ1n) is 4.97. The standard InChI is InChI=1S/C11H9F2N3OS/c1-5-9(10(17)16-14)18-11(15-5)8-6(12)3-2-4-7(8)13/h2-4H,14H2,1H3,(H,16,17). The van der Waals surface area contributed by atoms with Crippen molar-refractivity contribution in [1.82, 2.24) is 10.4 Å². The monoisotopic (exact) mass is 269 g/mol. The van der Waals surface area contributed by atoms with Gasteiger partial charge in [0.15, 0.2) is 0 Å². The van der Waals surface area contributed by atoms with Gasteiger partial charge in [-0.15, -0.1) is 11.3 Å². The number of hydrogen-bond acceptors (Lipinski definition) is 4. The molecule has 4 nitrogen and oxygen atoms in total. The average Bonchev–Trinajstić information content (AvgIpc) is 2.70. The van der Waals surface area contributed by atoms with E-state index in [-0.39, 0.29) is 15.4 Å². The molecular weight excluding hydrogens is 260 g/mol. The molecule has 0 saturated carbocycles. The van der Waals surface area contributed by atoms with Gasteiger partial charge < -0.3 is 0 Å². The van der Waals surface area contributed by atoms with Crippen molar-refractivity contribution < 1.29 is 13.6 Å². The topological polar surface area (TPSA) is 68.0 Å². The first-order valence-corrected chi connectivity index (χ1v) is 5.79. The molecule has 0 spiro atoms. The zero-order valence-corrected chi connectivity index (χ0v) is 10.1. The van der Waals surface area contributed by atoms with Gasteiger partial charge in [-0.25, -0.2) is 19.6 Å². The molecule has 2 aromatic rings. The van der Waals surface area contributed by atoms with E-state index in [4.69, 9.17) is 5.84 Å². The summed E-state index contributed by atoms with van der Waals surface area (Å²) < 4.78 is 27.1. The van der Waals surface area contributed by atoms with Gasteiger partial charge in [0, 0.05) is 0 Å². The van der Waals surface area contributed by atoms with Gasteiger partial charge in [-0.3, -0.25) is 10.2 Å². The van der Waals surface area contributed by atoms with E-state index >= 15 is 0 Å². The molecule has 0 unspecified atom stereocenters. The second-order valence-electron chi connectivity index (χ2n) is 3.50. The average molecular weight is 269 g/mol. The zero-order valence-electron chi connectivity index (χ0n) is 9.33. The first kappa shape index (κ1) is 12.6. The molecule has 0 radical (unpaired) electrons. The lowest BCUT2D eigenvalue weighted by Crippen LogP contribution is -2.29. The Balaban J connectivity index is 2.56. The Morgan fingerprint density at radius 2 is 2.00 bits per heavy atom. The Morgan fingerprint density at radius 3 is 2.56 bits per heavy atom. The van der Waals surface area contributed by atoms with Crippen molar-refractivity contribution in [3.63, 3.8) is 0 Å². The van der Waals surface area contributed by atoms with Gasteiger partial charge in [-0.1, -0.05) is 6.07 Å². The number of aryl methyl sites for hydroxylation is 1. The number of carbonyl (C=O) groups excluding carboxylic acids is 1. The van der Waals surface area contributed by atoms with Crippen molar-refractivity contribution in [3.05, 3.63) is 40.4 Å². The molecule has 2 rings (SSSR count). The second-order valence-corrected chi connectivity index (χ2v) is 4.50. The second kappa shape index (κ2) is 4.79. The third kappa shape index (κ3) is 2.09. The molecule has 0 aliphatic heterocycles. The highest BCUT2D eigenvalue weighted by molar-refractivity contribution is 7.17. The SMILES string of the molecule is Cc1nc(-c2c(F)cccc2F)sc1C(=O)NN. The van der Waals surface area contributed by atoms with E-state index in [1.807, 2.05) is 5.43 Å². The maximum atomic E-state index is 13.6. The molecule has 7 heteroatoms. The molecule has 0 atom stereocenters. The Bertz CT molecular complexity index is 592. The van der Waals surface area contributed by atoms with Crippen molar-refractivity contribution in [2.45, 2.75) is 6.92 Å². The molecule has 0 aliphatic carbocycles. The summed E-state index contributed by atoms with van der Waals surface area (Å²) in [6.07, 6.45) is 0. The van der Waals surface area contributed by atoms with Gasteiger partial charge in [0.1, 0.15) is 21.5 Å². The van der Waals surface area contributed by atoms with Crippen molar-refractivity contribution in [2.75, 3.05) is 0 Å². The largest absolute Gasteiger partial charge is 0.289 e. The number of aromatic nitrogens is 1. The van der Waals surface area contributed by atoms with Gasteiger partial charge in [-0.2, -0.15) is 0 Å². The summed E-state index contributed by atoms with van der Waals surface area (Å²) in [7, 11) is 0. The fourth-order valence-corrected chi connectivity index (χ4v) is 2.50. The summed E-state index contributed by atoms with van der Waals surface area (Å²) in [4.78, 5) is 15.6. The Kier molecular flexibility index (Phi) is 3.35. The molecule has 18 heavy (non-hydrogen) atoms. The maximum absolute atomic E-state index is 13.6.